The SMILES string of the molecule is Cc1ccccc1C(C)Nc1ncns1. The minimum atomic E-state index is 0.263. The molecule has 1 unspecified atom stereocenters. The molecule has 1 aromatic carbocycles. The predicted molar refractivity (Wildman–Crippen MR) is 63.1 cm³/mol. The van der Waals surface area contributed by atoms with Crippen molar-refractivity contribution in [1.29, 1.82) is 0 Å². The van der Waals surface area contributed by atoms with E-state index in [4.69, 9.17) is 0 Å². The molecular formula is C11H13N3S. The van der Waals surface area contributed by atoms with Crippen molar-refractivity contribution in [2.45, 2.75) is 19.9 Å². The van der Waals surface area contributed by atoms with Crippen LogP contribution >= 0.6 is 11.5 Å². The Bertz CT molecular complexity index is 425. The molecule has 0 bridgehead atoms. The summed E-state index contributed by atoms with van der Waals surface area (Å²) in [6.45, 7) is 4.25. The van der Waals surface area contributed by atoms with Gasteiger partial charge in [0, 0.05) is 11.5 Å². The number of benzene rings is 1. The maximum atomic E-state index is 4.11. The smallest absolute Gasteiger partial charge is 0.202 e. The summed E-state index contributed by atoms with van der Waals surface area (Å²) in [7, 11) is 0. The average Bonchev–Trinajstić information content (AvgIpc) is 2.71. The second-order valence-corrected chi connectivity index (χ2v) is 4.25. The molecule has 0 amide bonds. The lowest BCUT2D eigenvalue weighted by molar-refractivity contribution is 0.871. The number of nitrogens with zero attached hydrogens (tertiary/aromatic N) is 2. The highest BCUT2D eigenvalue weighted by Crippen LogP contribution is 2.21. The molecule has 2 aromatic rings. The molecule has 0 radical (unpaired) electrons. The van der Waals surface area contributed by atoms with Gasteiger partial charge in [-0.05, 0) is 25.0 Å². The van der Waals surface area contributed by atoms with Crippen molar-refractivity contribution >= 4 is 16.7 Å². The van der Waals surface area contributed by atoms with E-state index in [0.717, 1.165) is 5.13 Å². The lowest BCUT2D eigenvalue weighted by atomic mass is 10.0. The topological polar surface area (TPSA) is 37.8 Å². The van der Waals surface area contributed by atoms with Crippen LogP contribution in [0.4, 0.5) is 5.13 Å². The third-order valence-corrected chi connectivity index (χ3v) is 2.95. The standard InChI is InChI=1S/C11H13N3S/c1-8-5-3-4-6-10(8)9(2)14-11-12-7-13-15-11/h3-7,9H,1-2H3,(H,12,13,14). The Balaban J connectivity index is 2.15. The predicted octanol–water partition coefficient (Wildman–Crippen LogP) is 3.02. The average molecular weight is 219 g/mol. The van der Waals surface area contributed by atoms with E-state index in [9.17, 15) is 0 Å². The van der Waals surface area contributed by atoms with Crippen LogP contribution in [0.15, 0.2) is 30.6 Å². The molecular weight excluding hydrogens is 206 g/mol. The molecule has 15 heavy (non-hydrogen) atoms. The van der Waals surface area contributed by atoms with E-state index in [1.54, 1.807) is 6.33 Å². The summed E-state index contributed by atoms with van der Waals surface area (Å²) in [5, 5.41) is 4.19. The van der Waals surface area contributed by atoms with E-state index < -0.39 is 0 Å². The van der Waals surface area contributed by atoms with Crippen molar-refractivity contribution in [3.8, 4) is 0 Å². The first kappa shape index (κ1) is 10.1. The summed E-state index contributed by atoms with van der Waals surface area (Å²) in [6, 6.07) is 8.62. The van der Waals surface area contributed by atoms with E-state index in [-0.39, 0.29) is 6.04 Å². The minimum absolute atomic E-state index is 0.263. The quantitative estimate of drug-likeness (QED) is 0.862. The van der Waals surface area contributed by atoms with Gasteiger partial charge in [-0.25, -0.2) is 4.98 Å². The number of rotatable bonds is 3. The maximum absolute atomic E-state index is 4.11. The van der Waals surface area contributed by atoms with Crippen molar-refractivity contribution in [3.63, 3.8) is 0 Å². The molecule has 0 saturated heterocycles. The molecule has 78 valence electrons. The van der Waals surface area contributed by atoms with Gasteiger partial charge in [0.1, 0.15) is 6.33 Å². The van der Waals surface area contributed by atoms with Crippen molar-refractivity contribution in [2.75, 3.05) is 5.32 Å². The number of hydrogen-bond donors (Lipinski definition) is 1. The van der Waals surface area contributed by atoms with Gasteiger partial charge in [0.2, 0.25) is 5.13 Å². The van der Waals surface area contributed by atoms with Gasteiger partial charge in [-0.2, -0.15) is 4.37 Å². The van der Waals surface area contributed by atoms with Gasteiger partial charge >= 0.3 is 0 Å². The second kappa shape index (κ2) is 4.40. The minimum Gasteiger partial charge on any atom is -0.354 e. The Morgan fingerprint density at radius 1 is 1.33 bits per heavy atom. The van der Waals surface area contributed by atoms with Crippen molar-refractivity contribution < 1.29 is 0 Å². The zero-order valence-electron chi connectivity index (χ0n) is 8.77. The van der Waals surface area contributed by atoms with Crippen LogP contribution in [-0.4, -0.2) is 9.36 Å². The molecule has 0 saturated carbocycles. The number of aromatic nitrogens is 2. The van der Waals surface area contributed by atoms with Gasteiger partial charge in [0.25, 0.3) is 0 Å². The van der Waals surface area contributed by atoms with E-state index in [1.165, 1.54) is 22.7 Å². The summed E-state index contributed by atoms with van der Waals surface area (Å²) >= 11 is 1.38. The Morgan fingerprint density at radius 2 is 2.13 bits per heavy atom. The third-order valence-electron chi connectivity index (χ3n) is 2.36. The second-order valence-electron chi connectivity index (χ2n) is 3.47. The number of hydrogen-bond acceptors (Lipinski definition) is 4. The molecule has 1 heterocycles. The van der Waals surface area contributed by atoms with Gasteiger partial charge in [0.15, 0.2) is 0 Å². The zero-order valence-corrected chi connectivity index (χ0v) is 9.58. The Kier molecular flexibility index (Phi) is 2.97. The fourth-order valence-corrected chi connectivity index (χ4v) is 2.09. The lowest BCUT2D eigenvalue weighted by Crippen LogP contribution is -2.07. The van der Waals surface area contributed by atoms with E-state index in [2.05, 4.69) is 52.8 Å². The first-order chi connectivity index (χ1) is 7.27. The highest BCUT2D eigenvalue weighted by atomic mass is 32.1. The Labute approximate surface area is 93.4 Å². The van der Waals surface area contributed by atoms with E-state index in [0.29, 0.717) is 0 Å². The van der Waals surface area contributed by atoms with Crippen LogP contribution in [-0.2, 0) is 0 Å². The summed E-state index contributed by atoms with van der Waals surface area (Å²) in [4.78, 5) is 4.11. The fraction of sp³-hybridized carbons (Fsp3) is 0.273. The monoisotopic (exact) mass is 219 g/mol. The van der Waals surface area contributed by atoms with E-state index >= 15 is 0 Å². The van der Waals surface area contributed by atoms with Crippen LogP contribution in [0, 0.1) is 6.92 Å². The van der Waals surface area contributed by atoms with Crippen LogP contribution in [0.5, 0.6) is 0 Å². The van der Waals surface area contributed by atoms with Crippen molar-refractivity contribution in [3.05, 3.63) is 41.7 Å². The van der Waals surface area contributed by atoms with E-state index in [1.807, 2.05) is 0 Å². The zero-order chi connectivity index (χ0) is 10.7. The first-order valence-corrected chi connectivity index (χ1v) is 5.63. The molecule has 0 aliphatic carbocycles. The van der Waals surface area contributed by atoms with Crippen LogP contribution < -0.4 is 5.32 Å². The molecule has 3 nitrogen and oxygen atoms in total. The molecule has 1 atom stereocenters. The highest BCUT2D eigenvalue weighted by molar-refractivity contribution is 7.09. The van der Waals surface area contributed by atoms with Crippen LogP contribution in [0.1, 0.15) is 24.1 Å². The third kappa shape index (κ3) is 2.33. The van der Waals surface area contributed by atoms with Crippen LogP contribution in [0.25, 0.3) is 0 Å². The Hall–Kier alpha value is -1.42. The fourth-order valence-electron chi connectivity index (χ4n) is 1.57. The molecule has 0 fully saturated rings. The van der Waals surface area contributed by atoms with Gasteiger partial charge < -0.3 is 5.32 Å². The molecule has 4 heteroatoms. The molecule has 1 N–H and O–H groups in total. The summed E-state index contributed by atoms with van der Waals surface area (Å²) in [6.07, 6.45) is 1.57. The van der Waals surface area contributed by atoms with Gasteiger partial charge in [-0.15, -0.1) is 0 Å². The van der Waals surface area contributed by atoms with Gasteiger partial charge in [0.05, 0.1) is 6.04 Å². The van der Waals surface area contributed by atoms with Gasteiger partial charge in [-0.1, -0.05) is 24.3 Å². The number of nitrogens with one attached hydrogen (secondary N) is 1. The van der Waals surface area contributed by atoms with Gasteiger partial charge in [-0.3, -0.25) is 0 Å². The maximum Gasteiger partial charge on any atom is 0.202 e. The van der Waals surface area contributed by atoms with Crippen molar-refractivity contribution in [1.82, 2.24) is 9.36 Å². The molecule has 2 rings (SSSR count). The van der Waals surface area contributed by atoms with Crippen molar-refractivity contribution in [2.24, 2.45) is 0 Å². The molecule has 1 aromatic heterocycles. The largest absolute Gasteiger partial charge is 0.354 e. The first-order valence-electron chi connectivity index (χ1n) is 4.86. The van der Waals surface area contributed by atoms with Crippen LogP contribution in [0.3, 0.4) is 0 Å². The molecule has 0 spiro atoms. The molecule has 0 aliphatic rings. The van der Waals surface area contributed by atoms with Crippen LogP contribution in [0.2, 0.25) is 0 Å². The number of anilines is 1. The normalized spacial score (nSPS) is 12.4. The summed E-state index contributed by atoms with van der Waals surface area (Å²) in [5.41, 5.74) is 2.59. The molecule has 0 aliphatic heterocycles. The number of aryl methyl sites for hydroxylation is 1. The Morgan fingerprint density at radius 3 is 2.80 bits per heavy atom. The lowest BCUT2D eigenvalue weighted by Gasteiger charge is -2.15. The highest BCUT2D eigenvalue weighted by Gasteiger charge is 2.08. The summed E-state index contributed by atoms with van der Waals surface area (Å²) in [5.74, 6) is 0. The summed E-state index contributed by atoms with van der Waals surface area (Å²) < 4.78 is 3.96.